The standard InChI is InChI=1S/C6H12O3.K/c1-2-3-4-5(7)6(8)9;/h5,7H,2-4H2,1H3,(H,8,9);/q;+1/p-1. The van der Waals surface area contributed by atoms with Crippen LogP contribution in [0, 0.1) is 0 Å². The van der Waals surface area contributed by atoms with Crippen molar-refractivity contribution in [2.24, 2.45) is 0 Å². The maximum Gasteiger partial charge on any atom is 1.00 e. The summed E-state index contributed by atoms with van der Waals surface area (Å²) in [6.45, 7) is 1.93. The van der Waals surface area contributed by atoms with Crippen molar-refractivity contribution in [2.75, 3.05) is 0 Å². The molecule has 0 aliphatic carbocycles. The van der Waals surface area contributed by atoms with Gasteiger partial charge in [-0.3, -0.25) is 0 Å². The molecule has 10 heavy (non-hydrogen) atoms. The van der Waals surface area contributed by atoms with E-state index in [9.17, 15) is 9.90 Å². The van der Waals surface area contributed by atoms with Crippen LogP contribution in [0.15, 0.2) is 0 Å². The van der Waals surface area contributed by atoms with Gasteiger partial charge in [0.05, 0.1) is 12.1 Å². The first-order valence-corrected chi connectivity index (χ1v) is 3.07. The second-order valence-corrected chi connectivity index (χ2v) is 1.98. The molecule has 0 radical (unpaired) electrons. The van der Waals surface area contributed by atoms with Gasteiger partial charge in [-0.1, -0.05) is 19.8 Å². The van der Waals surface area contributed by atoms with Gasteiger partial charge in [0.1, 0.15) is 0 Å². The monoisotopic (exact) mass is 170 g/mol. The molecule has 1 atom stereocenters. The van der Waals surface area contributed by atoms with Gasteiger partial charge in [-0.05, 0) is 6.42 Å². The molecule has 0 rings (SSSR count). The quantitative estimate of drug-likeness (QED) is 0.442. The molecule has 0 saturated carbocycles. The Morgan fingerprint density at radius 1 is 1.70 bits per heavy atom. The van der Waals surface area contributed by atoms with Gasteiger partial charge in [0.25, 0.3) is 0 Å². The fraction of sp³-hybridized carbons (Fsp3) is 0.833. The number of carbonyl (C=O) groups is 1. The zero-order chi connectivity index (χ0) is 7.28. The molecule has 0 fully saturated rings. The number of carbonyl (C=O) groups excluding carboxylic acids is 1. The van der Waals surface area contributed by atoms with E-state index in [1.165, 1.54) is 0 Å². The smallest absolute Gasteiger partial charge is 0.547 e. The summed E-state index contributed by atoms with van der Waals surface area (Å²) < 4.78 is 0. The number of aliphatic carboxylic acids is 1. The van der Waals surface area contributed by atoms with E-state index in [0.717, 1.165) is 12.8 Å². The number of carboxylic acids is 1. The van der Waals surface area contributed by atoms with Gasteiger partial charge in [-0.25, -0.2) is 0 Å². The second-order valence-electron chi connectivity index (χ2n) is 1.98. The van der Waals surface area contributed by atoms with Crippen LogP contribution < -0.4 is 56.5 Å². The van der Waals surface area contributed by atoms with E-state index >= 15 is 0 Å². The van der Waals surface area contributed by atoms with Crippen molar-refractivity contribution >= 4 is 5.97 Å². The number of carboxylic acid groups (broad SMARTS) is 1. The summed E-state index contributed by atoms with van der Waals surface area (Å²) in [5.41, 5.74) is 0. The van der Waals surface area contributed by atoms with E-state index in [-0.39, 0.29) is 51.4 Å². The number of rotatable bonds is 4. The first kappa shape index (κ1) is 13.6. The molecule has 4 heteroatoms. The van der Waals surface area contributed by atoms with Crippen LogP contribution in [0.5, 0.6) is 0 Å². The number of aliphatic hydroxyl groups excluding tert-OH is 1. The van der Waals surface area contributed by atoms with Crippen LogP contribution >= 0.6 is 0 Å². The van der Waals surface area contributed by atoms with Crippen molar-refractivity contribution in [3.63, 3.8) is 0 Å². The van der Waals surface area contributed by atoms with E-state index in [1.54, 1.807) is 0 Å². The topological polar surface area (TPSA) is 60.4 Å². The summed E-state index contributed by atoms with van der Waals surface area (Å²) >= 11 is 0. The molecule has 0 heterocycles. The summed E-state index contributed by atoms with van der Waals surface area (Å²) in [4.78, 5) is 9.84. The van der Waals surface area contributed by atoms with Crippen LogP contribution in [0.2, 0.25) is 0 Å². The molecule has 0 aromatic rings. The Balaban J connectivity index is 0. The number of unbranched alkanes of at least 4 members (excludes halogenated alkanes) is 1. The minimum Gasteiger partial charge on any atom is -0.547 e. The molecular formula is C6H11KO3. The Hall–Kier alpha value is 1.07. The predicted molar refractivity (Wildman–Crippen MR) is 30.5 cm³/mol. The molecule has 0 aromatic carbocycles. The fourth-order valence-electron chi connectivity index (χ4n) is 0.515. The molecule has 1 N–H and O–H groups in total. The van der Waals surface area contributed by atoms with Gasteiger partial charge in [0, 0.05) is 0 Å². The molecule has 54 valence electrons. The molecule has 0 spiro atoms. The van der Waals surface area contributed by atoms with Crippen molar-refractivity contribution in [3.8, 4) is 0 Å². The van der Waals surface area contributed by atoms with Crippen molar-refractivity contribution in [3.05, 3.63) is 0 Å². The average Bonchev–Trinajstić information content (AvgIpc) is 1.82. The zero-order valence-corrected chi connectivity index (χ0v) is 9.59. The maximum absolute atomic E-state index is 9.84. The first-order chi connectivity index (χ1) is 4.18. The zero-order valence-electron chi connectivity index (χ0n) is 6.46. The average molecular weight is 170 g/mol. The normalized spacial score (nSPS) is 11.8. The maximum atomic E-state index is 9.84. The van der Waals surface area contributed by atoms with Crippen LogP contribution in [0.1, 0.15) is 26.2 Å². The molecule has 0 aliphatic heterocycles. The Labute approximate surface area is 103 Å². The molecular weight excluding hydrogens is 159 g/mol. The minimum atomic E-state index is -1.37. The van der Waals surface area contributed by atoms with E-state index in [1.807, 2.05) is 6.92 Å². The number of hydrogen-bond acceptors (Lipinski definition) is 3. The van der Waals surface area contributed by atoms with Crippen LogP contribution in [-0.4, -0.2) is 17.2 Å². The Kier molecular flexibility index (Phi) is 11.1. The van der Waals surface area contributed by atoms with Crippen molar-refractivity contribution in [2.45, 2.75) is 32.3 Å². The van der Waals surface area contributed by atoms with E-state index in [0.29, 0.717) is 6.42 Å². The largest absolute Gasteiger partial charge is 1.00 e. The van der Waals surface area contributed by atoms with Gasteiger partial charge < -0.3 is 15.0 Å². The molecule has 3 nitrogen and oxygen atoms in total. The number of hydrogen-bond donors (Lipinski definition) is 1. The Bertz CT molecular complexity index is 95.0. The van der Waals surface area contributed by atoms with E-state index in [4.69, 9.17) is 5.11 Å². The summed E-state index contributed by atoms with van der Waals surface area (Å²) in [5, 5.41) is 18.4. The summed E-state index contributed by atoms with van der Waals surface area (Å²) in [5.74, 6) is -1.37. The van der Waals surface area contributed by atoms with E-state index in [2.05, 4.69) is 0 Å². The van der Waals surface area contributed by atoms with Crippen molar-refractivity contribution < 1.29 is 66.4 Å². The van der Waals surface area contributed by atoms with Crippen LogP contribution in [0.3, 0.4) is 0 Å². The third kappa shape index (κ3) is 7.18. The Morgan fingerprint density at radius 2 is 2.20 bits per heavy atom. The van der Waals surface area contributed by atoms with Crippen molar-refractivity contribution in [1.82, 2.24) is 0 Å². The summed E-state index contributed by atoms with van der Waals surface area (Å²) in [6.07, 6.45) is 0.656. The predicted octanol–water partition coefficient (Wildman–Crippen LogP) is -3.71. The molecule has 1 unspecified atom stereocenters. The summed E-state index contributed by atoms with van der Waals surface area (Å²) in [6, 6.07) is 0. The van der Waals surface area contributed by atoms with Gasteiger partial charge in [-0.15, -0.1) is 0 Å². The molecule has 0 bridgehead atoms. The molecule has 0 aliphatic rings. The fourth-order valence-corrected chi connectivity index (χ4v) is 0.515. The van der Waals surface area contributed by atoms with Gasteiger partial charge >= 0.3 is 51.4 Å². The minimum absolute atomic E-state index is 0. The second kappa shape index (κ2) is 8.17. The third-order valence-corrected chi connectivity index (χ3v) is 1.10. The molecule has 0 saturated heterocycles. The van der Waals surface area contributed by atoms with Crippen LogP contribution in [0.25, 0.3) is 0 Å². The van der Waals surface area contributed by atoms with Crippen LogP contribution in [-0.2, 0) is 4.79 Å². The molecule has 0 amide bonds. The van der Waals surface area contributed by atoms with Crippen LogP contribution in [0.4, 0.5) is 0 Å². The summed E-state index contributed by atoms with van der Waals surface area (Å²) in [7, 11) is 0. The van der Waals surface area contributed by atoms with Gasteiger partial charge in [-0.2, -0.15) is 0 Å². The van der Waals surface area contributed by atoms with E-state index < -0.39 is 12.1 Å². The van der Waals surface area contributed by atoms with Gasteiger partial charge in [0.15, 0.2) is 0 Å². The SMILES string of the molecule is CCCCC(O)C(=O)[O-].[K+]. The number of aliphatic hydroxyl groups is 1. The van der Waals surface area contributed by atoms with Gasteiger partial charge in [0.2, 0.25) is 0 Å². The Morgan fingerprint density at radius 3 is 2.50 bits per heavy atom. The van der Waals surface area contributed by atoms with Crippen molar-refractivity contribution in [1.29, 1.82) is 0 Å². The first-order valence-electron chi connectivity index (χ1n) is 3.07. The molecule has 0 aromatic heterocycles. The third-order valence-electron chi connectivity index (χ3n) is 1.10.